The van der Waals surface area contributed by atoms with Gasteiger partial charge in [-0.05, 0) is 31.0 Å². The number of likely N-dealkylation sites (tertiary alicyclic amines) is 1. The highest BCUT2D eigenvalue weighted by Gasteiger charge is 2.32. The van der Waals surface area contributed by atoms with Crippen molar-refractivity contribution in [3.05, 3.63) is 29.6 Å². The molecule has 122 valence electrons. The number of anilines is 1. The van der Waals surface area contributed by atoms with Crippen LogP contribution in [0.4, 0.5) is 10.1 Å². The molecule has 2 aliphatic heterocycles. The summed E-state index contributed by atoms with van der Waals surface area (Å²) in [5.74, 6) is -2.78. The Bertz CT molecular complexity index is 676. The van der Waals surface area contributed by atoms with Gasteiger partial charge in [0, 0.05) is 31.7 Å². The number of hydrogen-bond donors (Lipinski definition) is 1. The number of nitrogens with zero attached hydrogens (tertiary/aromatic N) is 2. The van der Waals surface area contributed by atoms with E-state index in [2.05, 4.69) is 0 Å². The summed E-state index contributed by atoms with van der Waals surface area (Å²) in [5.41, 5.74) is 0.388. The van der Waals surface area contributed by atoms with Crippen LogP contribution >= 0.6 is 0 Å². The summed E-state index contributed by atoms with van der Waals surface area (Å²) in [6, 6.07) is 4.05. The van der Waals surface area contributed by atoms with Crippen LogP contribution in [-0.2, 0) is 9.59 Å². The Balaban J connectivity index is 1.83. The molecule has 2 amide bonds. The molecule has 3 rings (SSSR count). The van der Waals surface area contributed by atoms with Crippen LogP contribution in [0.3, 0.4) is 0 Å². The first-order valence-electron chi connectivity index (χ1n) is 7.59. The van der Waals surface area contributed by atoms with Crippen molar-refractivity contribution >= 4 is 23.5 Å². The maximum absolute atomic E-state index is 14.0. The standard InChI is InChI=1S/C16H17FN2O4/c17-13-4-3-11(19-6-1-2-14(19)20)8-12(13)15(21)18-7-5-10(9-18)16(22)23/h3-4,8,10H,1-2,5-7,9H2,(H,22,23)/t10-/m0/s1. The quantitative estimate of drug-likeness (QED) is 0.915. The van der Waals surface area contributed by atoms with Crippen LogP contribution in [0.5, 0.6) is 0 Å². The molecule has 0 bridgehead atoms. The van der Waals surface area contributed by atoms with Crippen molar-refractivity contribution in [3.8, 4) is 0 Å². The number of halogens is 1. The second-order valence-corrected chi connectivity index (χ2v) is 5.89. The first kappa shape index (κ1) is 15.5. The number of carboxylic acid groups (broad SMARTS) is 1. The number of carbonyl (C=O) groups excluding carboxylic acids is 2. The highest BCUT2D eigenvalue weighted by molar-refractivity contribution is 5.99. The number of carboxylic acids is 1. The van der Waals surface area contributed by atoms with Crippen molar-refractivity contribution in [3.63, 3.8) is 0 Å². The van der Waals surface area contributed by atoms with E-state index in [1.807, 2.05) is 0 Å². The molecule has 0 radical (unpaired) electrons. The maximum Gasteiger partial charge on any atom is 0.308 e. The third kappa shape index (κ3) is 2.91. The van der Waals surface area contributed by atoms with E-state index in [-0.39, 0.29) is 18.0 Å². The lowest BCUT2D eigenvalue weighted by Gasteiger charge is -2.19. The average Bonchev–Trinajstić information content (AvgIpc) is 3.16. The molecule has 0 aromatic heterocycles. The van der Waals surface area contributed by atoms with E-state index in [0.29, 0.717) is 31.6 Å². The Morgan fingerprint density at radius 2 is 2.04 bits per heavy atom. The van der Waals surface area contributed by atoms with Crippen molar-refractivity contribution in [1.82, 2.24) is 4.90 Å². The summed E-state index contributed by atoms with van der Waals surface area (Å²) in [6.45, 7) is 0.936. The summed E-state index contributed by atoms with van der Waals surface area (Å²) >= 11 is 0. The fourth-order valence-electron chi connectivity index (χ4n) is 3.08. The lowest BCUT2D eigenvalue weighted by Crippen LogP contribution is -2.31. The predicted molar refractivity (Wildman–Crippen MR) is 79.6 cm³/mol. The van der Waals surface area contributed by atoms with Crippen LogP contribution < -0.4 is 4.90 Å². The minimum Gasteiger partial charge on any atom is -0.481 e. The van der Waals surface area contributed by atoms with Crippen LogP contribution in [0.15, 0.2) is 18.2 Å². The zero-order valence-electron chi connectivity index (χ0n) is 12.5. The zero-order valence-corrected chi connectivity index (χ0v) is 12.5. The molecule has 0 saturated carbocycles. The fraction of sp³-hybridized carbons (Fsp3) is 0.438. The Kier molecular flexibility index (Phi) is 4.02. The van der Waals surface area contributed by atoms with Gasteiger partial charge in [0.25, 0.3) is 5.91 Å². The van der Waals surface area contributed by atoms with Gasteiger partial charge >= 0.3 is 5.97 Å². The molecule has 2 heterocycles. The molecular formula is C16H17FN2O4. The molecule has 1 N–H and O–H groups in total. The van der Waals surface area contributed by atoms with E-state index in [1.54, 1.807) is 4.90 Å². The molecule has 2 fully saturated rings. The predicted octanol–water partition coefficient (Wildman–Crippen LogP) is 1.50. The van der Waals surface area contributed by atoms with Gasteiger partial charge in [-0.2, -0.15) is 0 Å². The van der Waals surface area contributed by atoms with Crippen molar-refractivity contribution < 1.29 is 23.9 Å². The number of benzene rings is 1. The van der Waals surface area contributed by atoms with Gasteiger partial charge in [-0.1, -0.05) is 0 Å². The summed E-state index contributed by atoms with van der Waals surface area (Å²) in [5, 5.41) is 9.00. The largest absolute Gasteiger partial charge is 0.481 e. The molecule has 7 heteroatoms. The summed E-state index contributed by atoms with van der Waals surface area (Å²) < 4.78 is 14.0. The lowest BCUT2D eigenvalue weighted by atomic mass is 10.1. The van der Waals surface area contributed by atoms with E-state index in [0.717, 1.165) is 6.42 Å². The first-order valence-corrected chi connectivity index (χ1v) is 7.59. The van der Waals surface area contributed by atoms with Gasteiger partial charge in [-0.25, -0.2) is 4.39 Å². The van der Waals surface area contributed by atoms with Gasteiger partial charge in [-0.3, -0.25) is 14.4 Å². The van der Waals surface area contributed by atoms with Gasteiger partial charge in [-0.15, -0.1) is 0 Å². The van der Waals surface area contributed by atoms with E-state index in [4.69, 9.17) is 5.11 Å². The Morgan fingerprint density at radius 3 is 2.65 bits per heavy atom. The molecule has 23 heavy (non-hydrogen) atoms. The molecule has 0 unspecified atom stereocenters. The molecule has 2 saturated heterocycles. The number of carbonyl (C=O) groups is 3. The molecule has 1 atom stereocenters. The van der Waals surface area contributed by atoms with E-state index in [9.17, 15) is 18.8 Å². The van der Waals surface area contributed by atoms with Crippen molar-refractivity contribution in [1.29, 1.82) is 0 Å². The molecular weight excluding hydrogens is 303 g/mol. The highest BCUT2D eigenvalue weighted by Crippen LogP contribution is 2.26. The van der Waals surface area contributed by atoms with Gasteiger partial charge in [0.15, 0.2) is 0 Å². The Morgan fingerprint density at radius 1 is 1.26 bits per heavy atom. The van der Waals surface area contributed by atoms with Crippen molar-refractivity contribution in [2.75, 3.05) is 24.5 Å². The summed E-state index contributed by atoms with van der Waals surface area (Å²) in [4.78, 5) is 38.1. The van der Waals surface area contributed by atoms with Crippen molar-refractivity contribution in [2.45, 2.75) is 19.3 Å². The lowest BCUT2D eigenvalue weighted by molar-refractivity contribution is -0.141. The van der Waals surface area contributed by atoms with Crippen LogP contribution in [0.2, 0.25) is 0 Å². The number of aliphatic carboxylic acids is 1. The normalized spacial score (nSPS) is 21.1. The molecule has 1 aromatic rings. The Labute approximate surface area is 132 Å². The van der Waals surface area contributed by atoms with Gasteiger partial charge in [0.2, 0.25) is 5.91 Å². The number of hydrogen-bond acceptors (Lipinski definition) is 3. The zero-order chi connectivity index (χ0) is 16.6. The highest BCUT2D eigenvalue weighted by atomic mass is 19.1. The van der Waals surface area contributed by atoms with Gasteiger partial charge < -0.3 is 14.9 Å². The second kappa shape index (κ2) is 5.98. The van der Waals surface area contributed by atoms with Crippen molar-refractivity contribution in [2.24, 2.45) is 5.92 Å². The van der Waals surface area contributed by atoms with Crippen LogP contribution in [0, 0.1) is 11.7 Å². The topological polar surface area (TPSA) is 77.9 Å². The minimum atomic E-state index is -0.947. The van der Waals surface area contributed by atoms with Gasteiger partial charge in [0.1, 0.15) is 5.82 Å². The number of amides is 2. The molecule has 0 spiro atoms. The third-order valence-electron chi connectivity index (χ3n) is 4.39. The van der Waals surface area contributed by atoms with E-state index >= 15 is 0 Å². The molecule has 6 nitrogen and oxygen atoms in total. The smallest absolute Gasteiger partial charge is 0.308 e. The SMILES string of the molecule is O=C(O)[C@H]1CCN(C(=O)c2cc(N3CCCC3=O)ccc2F)C1. The minimum absolute atomic E-state index is 0.0397. The third-order valence-corrected chi connectivity index (χ3v) is 4.39. The molecule has 1 aromatic carbocycles. The second-order valence-electron chi connectivity index (χ2n) is 5.89. The van der Waals surface area contributed by atoms with Crippen LogP contribution in [0.25, 0.3) is 0 Å². The number of rotatable bonds is 3. The maximum atomic E-state index is 14.0. The molecule has 2 aliphatic rings. The van der Waals surface area contributed by atoms with E-state index < -0.39 is 23.6 Å². The van der Waals surface area contributed by atoms with Gasteiger partial charge in [0.05, 0.1) is 11.5 Å². The summed E-state index contributed by atoms with van der Waals surface area (Å²) in [7, 11) is 0. The first-order chi connectivity index (χ1) is 11.0. The van der Waals surface area contributed by atoms with E-state index in [1.165, 1.54) is 23.1 Å². The average molecular weight is 320 g/mol. The monoisotopic (exact) mass is 320 g/mol. The molecule has 0 aliphatic carbocycles. The fourth-order valence-corrected chi connectivity index (χ4v) is 3.08. The van der Waals surface area contributed by atoms with Crippen LogP contribution in [0.1, 0.15) is 29.6 Å². The summed E-state index contributed by atoms with van der Waals surface area (Å²) in [6.07, 6.45) is 1.56. The Hall–Kier alpha value is -2.44. The van der Waals surface area contributed by atoms with Crippen LogP contribution in [-0.4, -0.2) is 47.4 Å².